The van der Waals surface area contributed by atoms with Gasteiger partial charge in [-0.25, -0.2) is 9.78 Å². The van der Waals surface area contributed by atoms with E-state index in [1.54, 1.807) is 17.4 Å². The number of ketones is 1. The van der Waals surface area contributed by atoms with E-state index in [4.69, 9.17) is 14.5 Å². The average molecular weight is 475 g/mol. The molecule has 0 bridgehead atoms. The van der Waals surface area contributed by atoms with E-state index in [0.29, 0.717) is 27.7 Å². The molecule has 0 amide bonds. The summed E-state index contributed by atoms with van der Waals surface area (Å²) in [6.45, 7) is 5.14. The Morgan fingerprint density at radius 1 is 1.15 bits per heavy atom. The maximum Gasteiger partial charge on any atom is 0.339 e. The molecule has 4 aromatic rings. The van der Waals surface area contributed by atoms with Crippen molar-refractivity contribution < 1.29 is 19.1 Å². The first kappa shape index (κ1) is 22.5. The number of nitrogens with zero attached hydrogens (tertiary/aromatic N) is 2. The molecule has 3 aromatic heterocycles. The SMILES string of the molecule is Cc1cc(C(=O)COC(=O)c2cc(-c3cccs3)nc3ccccc23)c(C)n1CC1CCCO1. The fourth-order valence-corrected chi connectivity index (χ4v) is 5.22. The molecule has 0 spiro atoms. The molecule has 1 fully saturated rings. The number of Topliss-reactive ketones (excluding diaryl/α,β-unsaturated/α-hetero) is 1. The second-order valence-electron chi connectivity index (χ2n) is 8.58. The summed E-state index contributed by atoms with van der Waals surface area (Å²) in [7, 11) is 0. The molecule has 1 unspecified atom stereocenters. The number of ether oxygens (including phenoxy) is 2. The van der Waals surface area contributed by atoms with Gasteiger partial charge in [-0.2, -0.15) is 0 Å². The largest absolute Gasteiger partial charge is 0.454 e. The maximum absolute atomic E-state index is 13.1. The maximum atomic E-state index is 13.1. The number of carbonyl (C=O) groups is 2. The lowest BCUT2D eigenvalue weighted by Gasteiger charge is -2.14. The van der Waals surface area contributed by atoms with Crippen molar-refractivity contribution in [3.05, 3.63) is 76.4 Å². The summed E-state index contributed by atoms with van der Waals surface area (Å²) in [5, 5.41) is 2.67. The average Bonchev–Trinajstić information content (AvgIpc) is 3.61. The molecule has 0 radical (unpaired) electrons. The number of esters is 1. The lowest BCUT2D eigenvalue weighted by Crippen LogP contribution is -2.18. The zero-order valence-corrected chi connectivity index (χ0v) is 20.1. The van der Waals surface area contributed by atoms with Crippen LogP contribution < -0.4 is 0 Å². The summed E-state index contributed by atoms with van der Waals surface area (Å²) in [5.41, 5.74) is 4.30. The van der Waals surface area contributed by atoms with Crippen LogP contribution in [-0.2, 0) is 16.0 Å². The summed E-state index contributed by atoms with van der Waals surface area (Å²) in [5.74, 6) is -0.741. The normalized spacial score (nSPS) is 15.6. The molecule has 1 aliphatic heterocycles. The van der Waals surface area contributed by atoms with Gasteiger partial charge in [-0.1, -0.05) is 24.3 Å². The van der Waals surface area contributed by atoms with Gasteiger partial charge >= 0.3 is 5.97 Å². The monoisotopic (exact) mass is 474 g/mol. The highest BCUT2D eigenvalue weighted by Gasteiger charge is 2.22. The lowest BCUT2D eigenvalue weighted by molar-refractivity contribution is 0.0476. The number of carbonyl (C=O) groups excluding carboxylic acids is 2. The van der Waals surface area contributed by atoms with E-state index in [2.05, 4.69) is 4.57 Å². The number of fused-ring (bicyclic) bond motifs is 1. The number of rotatable bonds is 7. The first-order chi connectivity index (χ1) is 16.5. The molecule has 5 rings (SSSR count). The van der Waals surface area contributed by atoms with Gasteiger partial charge in [-0.3, -0.25) is 4.79 Å². The molecule has 1 saturated heterocycles. The summed E-state index contributed by atoms with van der Waals surface area (Å²) < 4.78 is 13.4. The van der Waals surface area contributed by atoms with Gasteiger partial charge in [-0.15, -0.1) is 11.3 Å². The van der Waals surface area contributed by atoms with Crippen LogP contribution >= 0.6 is 11.3 Å². The summed E-state index contributed by atoms with van der Waals surface area (Å²) in [6.07, 6.45) is 2.29. The molecule has 0 saturated carbocycles. The second kappa shape index (κ2) is 9.52. The van der Waals surface area contributed by atoms with Crippen LogP contribution in [-0.4, -0.2) is 40.6 Å². The Bertz CT molecular complexity index is 1350. The van der Waals surface area contributed by atoms with Crippen LogP contribution in [0.3, 0.4) is 0 Å². The third-order valence-corrected chi connectivity index (χ3v) is 7.22. The van der Waals surface area contributed by atoms with E-state index in [-0.39, 0.29) is 18.5 Å². The number of para-hydroxylation sites is 1. The molecular weight excluding hydrogens is 448 g/mol. The topological polar surface area (TPSA) is 70.4 Å². The van der Waals surface area contributed by atoms with Crippen LogP contribution in [0.5, 0.6) is 0 Å². The molecule has 6 nitrogen and oxygen atoms in total. The van der Waals surface area contributed by atoms with Crippen LogP contribution in [0, 0.1) is 13.8 Å². The fourth-order valence-electron chi connectivity index (χ4n) is 4.54. The first-order valence-electron chi connectivity index (χ1n) is 11.4. The predicted molar refractivity (Wildman–Crippen MR) is 133 cm³/mol. The second-order valence-corrected chi connectivity index (χ2v) is 9.53. The van der Waals surface area contributed by atoms with Gasteiger partial charge in [0.05, 0.1) is 27.8 Å². The van der Waals surface area contributed by atoms with Gasteiger partial charge < -0.3 is 14.0 Å². The number of thiophene rings is 1. The lowest BCUT2D eigenvalue weighted by atomic mass is 10.1. The number of benzene rings is 1. The van der Waals surface area contributed by atoms with Crippen LogP contribution in [0.2, 0.25) is 0 Å². The van der Waals surface area contributed by atoms with E-state index in [1.807, 2.05) is 61.7 Å². The Morgan fingerprint density at radius 2 is 2.00 bits per heavy atom. The van der Waals surface area contributed by atoms with Crippen molar-refractivity contribution in [1.29, 1.82) is 0 Å². The molecule has 1 atom stereocenters. The van der Waals surface area contributed by atoms with Crippen molar-refractivity contribution in [3.8, 4) is 10.6 Å². The minimum Gasteiger partial charge on any atom is -0.454 e. The third-order valence-electron chi connectivity index (χ3n) is 6.33. The smallest absolute Gasteiger partial charge is 0.339 e. The standard InChI is InChI=1S/C27H26N2O4S/c1-17-13-21(18(2)29(17)15-19-7-5-11-32-19)25(30)16-33-27(31)22-14-24(26-10-6-12-34-26)28-23-9-4-3-8-20(22)23/h3-4,6,8-10,12-14,19H,5,7,11,15-16H2,1-2H3. The van der Waals surface area contributed by atoms with Crippen LogP contribution in [0.4, 0.5) is 0 Å². The highest BCUT2D eigenvalue weighted by Crippen LogP contribution is 2.28. The Kier molecular flexibility index (Phi) is 6.30. The van der Waals surface area contributed by atoms with Gasteiger partial charge in [-0.05, 0) is 56.3 Å². The minimum atomic E-state index is -0.530. The van der Waals surface area contributed by atoms with E-state index in [1.165, 1.54) is 0 Å². The summed E-state index contributed by atoms with van der Waals surface area (Å²) in [4.78, 5) is 31.7. The molecular formula is C27H26N2O4S. The van der Waals surface area contributed by atoms with Gasteiger partial charge in [0.2, 0.25) is 5.78 Å². The van der Waals surface area contributed by atoms with Crippen molar-refractivity contribution in [1.82, 2.24) is 9.55 Å². The first-order valence-corrected chi connectivity index (χ1v) is 12.3. The molecule has 0 aliphatic carbocycles. The van der Waals surface area contributed by atoms with E-state index >= 15 is 0 Å². The van der Waals surface area contributed by atoms with E-state index in [9.17, 15) is 9.59 Å². The predicted octanol–water partition coefficient (Wildman–Crippen LogP) is 5.60. The van der Waals surface area contributed by atoms with Crippen LogP contribution in [0.25, 0.3) is 21.5 Å². The van der Waals surface area contributed by atoms with Crippen molar-refractivity contribution in [3.63, 3.8) is 0 Å². The molecule has 1 aromatic carbocycles. The number of aromatic nitrogens is 2. The molecule has 34 heavy (non-hydrogen) atoms. The third kappa shape index (κ3) is 4.41. The highest BCUT2D eigenvalue weighted by atomic mass is 32.1. The highest BCUT2D eigenvalue weighted by molar-refractivity contribution is 7.13. The van der Waals surface area contributed by atoms with Gasteiger partial charge in [0.15, 0.2) is 6.61 Å². The Labute approximate surface area is 202 Å². The minimum absolute atomic E-state index is 0.183. The molecule has 1 aliphatic rings. The van der Waals surface area contributed by atoms with Gasteiger partial charge in [0, 0.05) is 35.5 Å². The van der Waals surface area contributed by atoms with Crippen molar-refractivity contribution in [2.45, 2.75) is 39.3 Å². The van der Waals surface area contributed by atoms with Crippen LogP contribution in [0.15, 0.2) is 53.9 Å². The fraction of sp³-hybridized carbons (Fsp3) is 0.296. The van der Waals surface area contributed by atoms with E-state index in [0.717, 1.165) is 42.3 Å². The molecule has 174 valence electrons. The number of aryl methyl sites for hydroxylation is 1. The number of hydrogen-bond donors (Lipinski definition) is 0. The van der Waals surface area contributed by atoms with Gasteiger partial charge in [0.1, 0.15) is 0 Å². The Morgan fingerprint density at radius 3 is 2.76 bits per heavy atom. The number of hydrogen-bond acceptors (Lipinski definition) is 6. The molecule has 0 N–H and O–H groups in total. The van der Waals surface area contributed by atoms with Crippen LogP contribution in [0.1, 0.15) is 44.9 Å². The van der Waals surface area contributed by atoms with Gasteiger partial charge in [0.25, 0.3) is 0 Å². The summed E-state index contributed by atoms with van der Waals surface area (Å²) in [6, 6.07) is 15.0. The zero-order valence-electron chi connectivity index (χ0n) is 19.2. The molecule has 4 heterocycles. The molecule has 7 heteroatoms. The van der Waals surface area contributed by atoms with Crippen molar-refractivity contribution in [2.24, 2.45) is 0 Å². The summed E-state index contributed by atoms with van der Waals surface area (Å²) >= 11 is 1.56. The Hall–Kier alpha value is -3.29. The van der Waals surface area contributed by atoms with E-state index < -0.39 is 5.97 Å². The number of pyridine rings is 1. The zero-order chi connectivity index (χ0) is 23.7. The Balaban J connectivity index is 1.35. The van der Waals surface area contributed by atoms with Crippen molar-refractivity contribution >= 4 is 34.0 Å². The van der Waals surface area contributed by atoms with Crippen molar-refractivity contribution in [2.75, 3.05) is 13.2 Å². The quantitative estimate of drug-likeness (QED) is 0.258.